The molecule has 13 heavy (non-hydrogen) atoms. The lowest BCUT2D eigenvalue weighted by Crippen LogP contribution is -2.23. The summed E-state index contributed by atoms with van der Waals surface area (Å²) in [6.45, 7) is 1.49. The normalized spacial score (nSPS) is 16.8. The summed E-state index contributed by atoms with van der Waals surface area (Å²) in [4.78, 5) is 2.76. The molecule has 0 aliphatic heterocycles. The van der Waals surface area contributed by atoms with E-state index in [4.69, 9.17) is 0 Å². The van der Waals surface area contributed by atoms with E-state index < -0.39 is 21.2 Å². The van der Waals surface area contributed by atoms with Crippen LogP contribution >= 0.6 is 0 Å². The van der Waals surface area contributed by atoms with Gasteiger partial charge >= 0.3 is 0 Å². The first-order valence-electron chi connectivity index (χ1n) is 3.92. The second-order valence-corrected chi connectivity index (χ2v) is 5.53. The zero-order valence-corrected chi connectivity index (χ0v) is 8.38. The Labute approximate surface area is 77.5 Å². The number of rotatable bonds is 3. The van der Waals surface area contributed by atoms with Gasteiger partial charge in [0.1, 0.15) is 0 Å². The van der Waals surface area contributed by atoms with Crippen LogP contribution in [-0.4, -0.2) is 30.0 Å². The minimum absolute atomic E-state index is 0.595. The van der Waals surface area contributed by atoms with Gasteiger partial charge in [0, 0.05) is 18.6 Å². The lowest BCUT2D eigenvalue weighted by Gasteiger charge is -2.15. The first-order chi connectivity index (χ1) is 5.93. The highest BCUT2D eigenvalue weighted by atomic mass is 32.2. The van der Waals surface area contributed by atoms with Crippen LogP contribution in [0.5, 0.6) is 0 Å². The van der Waals surface area contributed by atoms with Crippen molar-refractivity contribution in [3.63, 3.8) is 0 Å². The van der Waals surface area contributed by atoms with Crippen molar-refractivity contribution in [1.82, 2.24) is 4.98 Å². The monoisotopic (exact) mass is 203 g/mol. The van der Waals surface area contributed by atoms with Gasteiger partial charge in [-0.25, -0.2) is 8.42 Å². The van der Waals surface area contributed by atoms with Gasteiger partial charge in [0.05, 0.1) is 11.4 Å². The van der Waals surface area contributed by atoms with Gasteiger partial charge in [0.25, 0.3) is 0 Å². The number of H-pyrrole nitrogens is 1. The molecule has 1 aromatic heterocycles. The van der Waals surface area contributed by atoms with E-state index in [1.54, 1.807) is 18.5 Å². The summed E-state index contributed by atoms with van der Waals surface area (Å²) in [6.07, 6.45) is 3.40. The van der Waals surface area contributed by atoms with Crippen molar-refractivity contribution in [1.29, 1.82) is 0 Å². The molecule has 5 heteroatoms. The van der Waals surface area contributed by atoms with Gasteiger partial charge in [-0.15, -0.1) is 0 Å². The second kappa shape index (κ2) is 3.51. The van der Waals surface area contributed by atoms with Crippen molar-refractivity contribution >= 4 is 9.84 Å². The number of hydrogen-bond donors (Lipinski definition) is 2. The molecule has 2 atom stereocenters. The lowest BCUT2D eigenvalue weighted by atomic mass is 10.1. The molecule has 2 N–H and O–H groups in total. The van der Waals surface area contributed by atoms with Crippen LogP contribution in [0, 0.1) is 0 Å². The van der Waals surface area contributed by atoms with Crippen LogP contribution in [0.2, 0.25) is 0 Å². The second-order valence-electron chi connectivity index (χ2n) is 3.12. The van der Waals surface area contributed by atoms with E-state index in [1.807, 2.05) is 0 Å². The SMILES string of the molecule is CC(C(O)c1cc[nH]c1)S(C)(=O)=O. The predicted octanol–water partition coefficient (Wildman–Crippen LogP) is 0.481. The van der Waals surface area contributed by atoms with Crippen molar-refractivity contribution in [3.8, 4) is 0 Å². The average Bonchev–Trinajstić information content (AvgIpc) is 2.51. The third-order valence-corrected chi connectivity index (χ3v) is 3.69. The molecule has 0 fully saturated rings. The first kappa shape index (κ1) is 10.3. The smallest absolute Gasteiger partial charge is 0.152 e. The minimum Gasteiger partial charge on any atom is -0.387 e. The van der Waals surface area contributed by atoms with Crippen molar-refractivity contribution in [3.05, 3.63) is 24.0 Å². The molecule has 0 spiro atoms. The molecular weight excluding hydrogens is 190 g/mol. The molecule has 0 saturated heterocycles. The topological polar surface area (TPSA) is 70.2 Å². The van der Waals surface area contributed by atoms with Gasteiger partial charge in [-0.05, 0) is 18.6 Å². The number of sulfone groups is 1. The van der Waals surface area contributed by atoms with Crippen LogP contribution in [-0.2, 0) is 9.84 Å². The number of aromatic amines is 1. The summed E-state index contributed by atoms with van der Waals surface area (Å²) >= 11 is 0. The van der Waals surface area contributed by atoms with Gasteiger partial charge in [-0.3, -0.25) is 0 Å². The van der Waals surface area contributed by atoms with E-state index in [0.717, 1.165) is 6.26 Å². The van der Waals surface area contributed by atoms with Gasteiger partial charge < -0.3 is 10.1 Å². The maximum atomic E-state index is 11.1. The molecule has 0 radical (unpaired) electrons. The fourth-order valence-corrected chi connectivity index (χ4v) is 1.65. The van der Waals surface area contributed by atoms with Gasteiger partial charge in [-0.2, -0.15) is 0 Å². The molecular formula is C8H13NO3S. The summed E-state index contributed by atoms with van der Waals surface area (Å²) in [5.41, 5.74) is 0.595. The third kappa shape index (κ3) is 2.32. The number of nitrogens with one attached hydrogen (secondary N) is 1. The molecule has 0 amide bonds. The Morgan fingerprint density at radius 2 is 2.15 bits per heavy atom. The Morgan fingerprint density at radius 3 is 2.54 bits per heavy atom. The Morgan fingerprint density at radius 1 is 1.54 bits per heavy atom. The maximum Gasteiger partial charge on any atom is 0.152 e. The highest BCUT2D eigenvalue weighted by molar-refractivity contribution is 7.91. The fraction of sp³-hybridized carbons (Fsp3) is 0.500. The molecule has 2 unspecified atom stereocenters. The van der Waals surface area contributed by atoms with Crippen LogP contribution in [0.4, 0.5) is 0 Å². The molecule has 0 saturated carbocycles. The van der Waals surface area contributed by atoms with Gasteiger partial charge in [0.15, 0.2) is 9.84 Å². The van der Waals surface area contributed by atoms with Crippen LogP contribution in [0.1, 0.15) is 18.6 Å². The summed E-state index contributed by atoms with van der Waals surface area (Å²) < 4.78 is 22.2. The molecule has 1 rings (SSSR count). The summed E-state index contributed by atoms with van der Waals surface area (Å²) in [6, 6.07) is 1.66. The molecule has 0 aliphatic carbocycles. The van der Waals surface area contributed by atoms with E-state index in [-0.39, 0.29) is 0 Å². The van der Waals surface area contributed by atoms with Crippen molar-refractivity contribution < 1.29 is 13.5 Å². The van der Waals surface area contributed by atoms with Gasteiger partial charge in [0.2, 0.25) is 0 Å². The number of aliphatic hydroxyl groups is 1. The number of aromatic nitrogens is 1. The van der Waals surface area contributed by atoms with E-state index in [2.05, 4.69) is 4.98 Å². The highest BCUT2D eigenvalue weighted by Crippen LogP contribution is 2.20. The van der Waals surface area contributed by atoms with Crippen LogP contribution in [0.25, 0.3) is 0 Å². The van der Waals surface area contributed by atoms with Crippen LogP contribution < -0.4 is 0 Å². The Hall–Kier alpha value is -0.810. The Kier molecular flexibility index (Phi) is 2.77. The quantitative estimate of drug-likeness (QED) is 0.750. The summed E-state index contributed by atoms with van der Waals surface area (Å²) in [7, 11) is -3.19. The summed E-state index contributed by atoms with van der Waals surface area (Å²) in [5, 5.41) is 8.84. The molecule has 1 heterocycles. The maximum absolute atomic E-state index is 11.1. The molecule has 0 aromatic carbocycles. The fourth-order valence-electron chi connectivity index (χ4n) is 1.03. The van der Waals surface area contributed by atoms with Crippen LogP contribution in [0.15, 0.2) is 18.5 Å². The van der Waals surface area contributed by atoms with E-state index in [9.17, 15) is 13.5 Å². The largest absolute Gasteiger partial charge is 0.387 e. The zero-order chi connectivity index (χ0) is 10.1. The molecule has 0 bridgehead atoms. The standard InChI is InChI=1S/C8H13NO3S/c1-6(13(2,11)12)8(10)7-3-4-9-5-7/h3-6,8-10H,1-2H3. The zero-order valence-electron chi connectivity index (χ0n) is 7.56. The minimum atomic E-state index is -3.19. The lowest BCUT2D eigenvalue weighted by molar-refractivity contribution is 0.176. The predicted molar refractivity (Wildman–Crippen MR) is 50.1 cm³/mol. The number of hydrogen-bond acceptors (Lipinski definition) is 3. The average molecular weight is 203 g/mol. The Bertz CT molecular complexity index is 355. The van der Waals surface area contributed by atoms with Gasteiger partial charge in [-0.1, -0.05) is 0 Å². The molecule has 74 valence electrons. The van der Waals surface area contributed by atoms with Crippen molar-refractivity contribution in [2.75, 3.05) is 6.26 Å². The van der Waals surface area contributed by atoms with Crippen molar-refractivity contribution in [2.24, 2.45) is 0 Å². The van der Waals surface area contributed by atoms with Crippen LogP contribution in [0.3, 0.4) is 0 Å². The summed E-state index contributed by atoms with van der Waals surface area (Å²) in [5.74, 6) is 0. The van der Waals surface area contributed by atoms with E-state index in [0.29, 0.717) is 5.56 Å². The molecule has 1 aromatic rings. The highest BCUT2D eigenvalue weighted by Gasteiger charge is 2.25. The van der Waals surface area contributed by atoms with Crippen molar-refractivity contribution in [2.45, 2.75) is 18.3 Å². The third-order valence-electron chi connectivity index (χ3n) is 2.08. The Balaban J connectivity index is 2.86. The van der Waals surface area contributed by atoms with E-state index in [1.165, 1.54) is 6.92 Å². The molecule has 4 nitrogen and oxygen atoms in total. The first-order valence-corrected chi connectivity index (χ1v) is 5.88. The molecule has 0 aliphatic rings. The van der Waals surface area contributed by atoms with E-state index >= 15 is 0 Å². The number of aliphatic hydroxyl groups excluding tert-OH is 1.